The summed E-state index contributed by atoms with van der Waals surface area (Å²) in [5.41, 5.74) is 0.624. The van der Waals surface area contributed by atoms with Crippen molar-refractivity contribution in [3.8, 4) is 0 Å². The number of hydrogen-bond donors (Lipinski definition) is 1. The van der Waals surface area contributed by atoms with Gasteiger partial charge in [-0.1, -0.05) is 26.8 Å². The summed E-state index contributed by atoms with van der Waals surface area (Å²) in [5.74, 6) is 0.275. The van der Waals surface area contributed by atoms with Gasteiger partial charge in [0.25, 0.3) is 0 Å². The van der Waals surface area contributed by atoms with Crippen LogP contribution in [-0.4, -0.2) is 10.4 Å². The summed E-state index contributed by atoms with van der Waals surface area (Å²) in [7, 11) is 0. The molecule has 1 N–H and O–H groups in total. The molecule has 0 saturated carbocycles. The molecular formula is C13H19FOS. The van der Waals surface area contributed by atoms with Crippen LogP contribution in [0.4, 0.5) is 4.39 Å². The van der Waals surface area contributed by atoms with Gasteiger partial charge < -0.3 is 5.11 Å². The number of aliphatic hydroxyl groups is 1. The second-order valence-corrected chi connectivity index (χ2v) is 5.85. The Morgan fingerprint density at radius 1 is 1.19 bits per heavy atom. The number of rotatable bonds is 4. The molecule has 0 radical (unpaired) electrons. The summed E-state index contributed by atoms with van der Waals surface area (Å²) in [6.07, 6.45) is -0.615. The molecule has 16 heavy (non-hydrogen) atoms. The third-order valence-electron chi connectivity index (χ3n) is 2.69. The van der Waals surface area contributed by atoms with Gasteiger partial charge in [0.05, 0.1) is 6.10 Å². The Labute approximate surface area is 101 Å². The van der Waals surface area contributed by atoms with Crippen molar-refractivity contribution in [2.75, 3.05) is 0 Å². The van der Waals surface area contributed by atoms with Crippen molar-refractivity contribution < 1.29 is 9.50 Å². The van der Waals surface area contributed by atoms with Crippen LogP contribution in [0, 0.1) is 11.7 Å². The van der Waals surface area contributed by atoms with Crippen LogP contribution in [0.1, 0.15) is 39.4 Å². The average molecular weight is 242 g/mol. The summed E-state index contributed by atoms with van der Waals surface area (Å²) in [6.45, 7) is 7.98. The van der Waals surface area contributed by atoms with Crippen molar-refractivity contribution in [1.29, 1.82) is 0 Å². The second-order valence-electron chi connectivity index (χ2n) is 4.43. The fourth-order valence-electron chi connectivity index (χ4n) is 1.21. The molecule has 90 valence electrons. The molecule has 1 rings (SSSR count). The molecule has 1 unspecified atom stereocenters. The summed E-state index contributed by atoms with van der Waals surface area (Å²) in [4.78, 5) is 0.658. The van der Waals surface area contributed by atoms with Crippen LogP contribution in [0.2, 0.25) is 0 Å². The van der Waals surface area contributed by atoms with Gasteiger partial charge >= 0.3 is 0 Å². The zero-order chi connectivity index (χ0) is 12.3. The number of hydrogen-bond acceptors (Lipinski definition) is 2. The highest BCUT2D eigenvalue weighted by molar-refractivity contribution is 8.00. The van der Waals surface area contributed by atoms with E-state index in [9.17, 15) is 9.50 Å². The Hall–Kier alpha value is -0.540. The molecule has 0 fully saturated rings. The Bertz CT molecular complexity index is 350. The fourth-order valence-corrected chi connectivity index (χ4v) is 2.20. The highest BCUT2D eigenvalue weighted by Crippen LogP contribution is 2.31. The van der Waals surface area contributed by atoms with Crippen LogP contribution in [0.5, 0.6) is 0 Å². The van der Waals surface area contributed by atoms with Gasteiger partial charge in [-0.15, -0.1) is 11.8 Å². The van der Waals surface area contributed by atoms with Crippen molar-refractivity contribution in [3.63, 3.8) is 0 Å². The van der Waals surface area contributed by atoms with Crippen molar-refractivity contribution in [2.24, 2.45) is 5.92 Å². The molecule has 0 amide bonds. The Morgan fingerprint density at radius 3 is 2.25 bits per heavy atom. The maximum absolute atomic E-state index is 13.7. The lowest BCUT2D eigenvalue weighted by molar-refractivity contribution is 0.198. The lowest BCUT2D eigenvalue weighted by atomic mass is 10.1. The highest BCUT2D eigenvalue weighted by Gasteiger charge is 2.13. The van der Waals surface area contributed by atoms with Crippen LogP contribution in [0.3, 0.4) is 0 Å². The SMILES string of the molecule is CC(C)C(C)Sc1ccc([C@H](C)O)cc1F. The quantitative estimate of drug-likeness (QED) is 0.805. The van der Waals surface area contributed by atoms with Crippen LogP contribution < -0.4 is 0 Å². The molecule has 1 aromatic carbocycles. The van der Waals surface area contributed by atoms with Gasteiger partial charge in [-0.05, 0) is 30.5 Å². The molecule has 0 heterocycles. The van der Waals surface area contributed by atoms with Crippen LogP contribution in [-0.2, 0) is 0 Å². The van der Waals surface area contributed by atoms with E-state index in [4.69, 9.17) is 0 Å². The highest BCUT2D eigenvalue weighted by atomic mass is 32.2. The monoisotopic (exact) mass is 242 g/mol. The van der Waals surface area contributed by atoms with E-state index in [0.717, 1.165) is 0 Å². The molecule has 0 bridgehead atoms. The average Bonchev–Trinajstić information content (AvgIpc) is 2.20. The van der Waals surface area contributed by atoms with Gasteiger partial charge in [-0.2, -0.15) is 0 Å². The molecule has 1 nitrogen and oxygen atoms in total. The van der Waals surface area contributed by atoms with E-state index in [2.05, 4.69) is 20.8 Å². The predicted octanol–water partition coefficient (Wildman–Crippen LogP) is 4.02. The van der Waals surface area contributed by atoms with Crippen LogP contribution in [0.25, 0.3) is 0 Å². The third kappa shape index (κ3) is 3.49. The number of thioether (sulfide) groups is 1. The summed E-state index contributed by atoms with van der Waals surface area (Å²) < 4.78 is 13.7. The molecule has 3 heteroatoms. The van der Waals surface area contributed by atoms with Crippen molar-refractivity contribution in [1.82, 2.24) is 0 Å². The van der Waals surface area contributed by atoms with Crippen LogP contribution in [0.15, 0.2) is 23.1 Å². The van der Waals surface area contributed by atoms with Gasteiger partial charge in [0.1, 0.15) is 5.82 Å². The minimum absolute atomic E-state index is 0.240. The Morgan fingerprint density at radius 2 is 1.81 bits per heavy atom. The lowest BCUT2D eigenvalue weighted by Crippen LogP contribution is -2.06. The van der Waals surface area contributed by atoms with Gasteiger partial charge in [0.15, 0.2) is 0 Å². The first kappa shape index (κ1) is 13.5. The molecule has 0 spiro atoms. The third-order valence-corrected chi connectivity index (χ3v) is 4.19. The summed E-state index contributed by atoms with van der Waals surface area (Å²) in [5, 5.41) is 9.72. The maximum Gasteiger partial charge on any atom is 0.137 e. The molecule has 0 aromatic heterocycles. The largest absolute Gasteiger partial charge is 0.389 e. The Kier molecular flexibility index (Phi) is 4.81. The topological polar surface area (TPSA) is 20.2 Å². The minimum atomic E-state index is -0.615. The number of halogens is 1. The van der Waals surface area contributed by atoms with E-state index in [1.165, 1.54) is 6.07 Å². The van der Waals surface area contributed by atoms with Crippen LogP contribution >= 0.6 is 11.8 Å². The zero-order valence-electron chi connectivity index (χ0n) is 10.2. The molecule has 0 aliphatic heterocycles. The van der Waals surface area contributed by atoms with E-state index in [1.807, 2.05) is 0 Å². The first-order valence-electron chi connectivity index (χ1n) is 5.56. The van der Waals surface area contributed by atoms with Gasteiger partial charge in [-0.3, -0.25) is 0 Å². The smallest absolute Gasteiger partial charge is 0.137 e. The van der Waals surface area contributed by atoms with E-state index in [-0.39, 0.29) is 5.82 Å². The molecule has 2 atom stereocenters. The van der Waals surface area contributed by atoms with E-state index in [1.54, 1.807) is 30.8 Å². The first-order chi connectivity index (χ1) is 7.41. The molecule has 0 aliphatic carbocycles. The van der Waals surface area contributed by atoms with E-state index < -0.39 is 6.10 Å². The Balaban J connectivity index is 2.83. The summed E-state index contributed by atoms with van der Waals surface area (Å²) in [6, 6.07) is 4.95. The second kappa shape index (κ2) is 5.69. The number of benzene rings is 1. The van der Waals surface area contributed by atoms with Gasteiger partial charge in [-0.25, -0.2) is 4.39 Å². The normalized spacial score (nSPS) is 15.2. The minimum Gasteiger partial charge on any atom is -0.389 e. The van der Waals surface area contributed by atoms with Gasteiger partial charge in [0, 0.05) is 10.1 Å². The zero-order valence-corrected chi connectivity index (χ0v) is 11.0. The lowest BCUT2D eigenvalue weighted by Gasteiger charge is -2.16. The molecule has 0 aliphatic rings. The summed E-state index contributed by atoms with van der Waals surface area (Å²) >= 11 is 1.54. The standard InChI is InChI=1S/C13H19FOS/c1-8(2)10(4)16-13-6-5-11(9(3)15)7-12(13)14/h5-10,15H,1-4H3/t9-,10?/m0/s1. The van der Waals surface area contributed by atoms with Gasteiger partial charge in [0.2, 0.25) is 0 Å². The number of aliphatic hydroxyl groups excluding tert-OH is 1. The van der Waals surface area contributed by atoms with E-state index in [0.29, 0.717) is 21.6 Å². The maximum atomic E-state index is 13.7. The predicted molar refractivity (Wildman–Crippen MR) is 67.2 cm³/mol. The van der Waals surface area contributed by atoms with Crippen molar-refractivity contribution in [2.45, 2.75) is 43.9 Å². The van der Waals surface area contributed by atoms with Crippen molar-refractivity contribution >= 4 is 11.8 Å². The fraction of sp³-hybridized carbons (Fsp3) is 0.538. The molecular weight excluding hydrogens is 223 g/mol. The van der Waals surface area contributed by atoms with E-state index >= 15 is 0 Å². The molecule has 0 saturated heterocycles. The first-order valence-corrected chi connectivity index (χ1v) is 6.44. The molecule has 1 aromatic rings. The van der Waals surface area contributed by atoms with Crippen molar-refractivity contribution in [3.05, 3.63) is 29.6 Å².